The third kappa shape index (κ3) is 4.17. The molecule has 1 aliphatic rings. The van der Waals surface area contributed by atoms with Gasteiger partial charge in [0, 0.05) is 24.1 Å². The van der Waals surface area contributed by atoms with Crippen LogP contribution in [-0.2, 0) is 0 Å². The van der Waals surface area contributed by atoms with E-state index in [9.17, 15) is 9.18 Å². The third-order valence-electron chi connectivity index (χ3n) is 4.16. The molecule has 3 rings (SSSR count). The average Bonchev–Trinajstić information content (AvgIpc) is 3.05. The van der Waals surface area contributed by atoms with Crippen LogP contribution < -0.4 is 5.32 Å². The number of aliphatic hydroxyl groups excluding tert-OH is 1. The fourth-order valence-electron chi connectivity index (χ4n) is 2.69. The van der Waals surface area contributed by atoms with Crippen LogP contribution in [0.1, 0.15) is 17.5 Å². The van der Waals surface area contributed by atoms with E-state index in [4.69, 9.17) is 5.11 Å². The summed E-state index contributed by atoms with van der Waals surface area (Å²) in [4.78, 5) is 13.7. The van der Waals surface area contributed by atoms with Crippen LogP contribution in [0.2, 0.25) is 0 Å². The van der Waals surface area contributed by atoms with Gasteiger partial charge in [-0.25, -0.2) is 9.18 Å². The molecule has 1 aliphatic heterocycles. The number of rotatable bonds is 2. The van der Waals surface area contributed by atoms with Gasteiger partial charge in [-0.1, -0.05) is 42.2 Å². The molecule has 0 unspecified atom stereocenters. The third-order valence-corrected chi connectivity index (χ3v) is 4.16. The highest BCUT2D eigenvalue weighted by Gasteiger charge is 2.39. The summed E-state index contributed by atoms with van der Waals surface area (Å²) < 4.78 is 14.1. The molecule has 0 spiro atoms. The van der Waals surface area contributed by atoms with Crippen molar-refractivity contribution in [3.05, 3.63) is 65.7 Å². The molecule has 0 bridgehead atoms. The number of hydrogen-bond acceptors (Lipinski definition) is 2. The lowest BCUT2D eigenvalue weighted by Gasteiger charge is -2.19. The smallest absolute Gasteiger partial charge is 0.321 e. The molecule has 2 amide bonds. The normalized spacial score (nSPS) is 19.2. The molecule has 1 heterocycles. The molecule has 1 saturated heterocycles. The molecule has 1 atom stereocenters. The first-order valence-corrected chi connectivity index (χ1v) is 8.11. The maximum absolute atomic E-state index is 14.1. The number of alkyl halides is 1. The van der Waals surface area contributed by atoms with Crippen molar-refractivity contribution >= 4 is 11.7 Å². The lowest BCUT2D eigenvalue weighted by Crippen LogP contribution is -2.37. The number of benzene rings is 2. The van der Waals surface area contributed by atoms with E-state index in [-0.39, 0.29) is 25.5 Å². The van der Waals surface area contributed by atoms with Crippen LogP contribution in [-0.4, -0.2) is 41.4 Å². The van der Waals surface area contributed by atoms with Crippen molar-refractivity contribution in [2.24, 2.45) is 0 Å². The molecule has 25 heavy (non-hydrogen) atoms. The van der Waals surface area contributed by atoms with Gasteiger partial charge in [0.25, 0.3) is 0 Å². The van der Waals surface area contributed by atoms with Crippen molar-refractivity contribution in [3.63, 3.8) is 0 Å². The first-order valence-electron chi connectivity index (χ1n) is 8.11. The molecule has 0 radical (unpaired) electrons. The minimum absolute atomic E-state index is 0.104. The molecule has 128 valence electrons. The second-order valence-electron chi connectivity index (χ2n) is 6.07. The summed E-state index contributed by atoms with van der Waals surface area (Å²) in [6, 6.07) is 16.4. The van der Waals surface area contributed by atoms with Gasteiger partial charge in [0.15, 0.2) is 5.67 Å². The van der Waals surface area contributed by atoms with Gasteiger partial charge >= 0.3 is 6.03 Å². The summed E-state index contributed by atoms with van der Waals surface area (Å²) in [5.41, 5.74) is 0.446. The van der Waals surface area contributed by atoms with Gasteiger partial charge in [0.05, 0.1) is 18.8 Å². The molecule has 2 N–H and O–H groups in total. The Morgan fingerprint density at radius 3 is 2.60 bits per heavy atom. The second-order valence-corrected chi connectivity index (χ2v) is 6.07. The van der Waals surface area contributed by atoms with E-state index < -0.39 is 12.3 Å². The van der Waals surface area contributed by atoms with Gasteiger partial charge < -0.3 is 15.3 Å². The number of hydrogen-bond donors (Lipinski definition) is 2. The first kappa shape index (κ1) is 17.0. The highest BCUT2D eigenvalue weighted by molar-refractivity contribution is 5.91. The largest absolute Gasteiger partial charge is 0.393 e. The molecule has 5 heteroatoms. The molecule has 4 nitrogen and oxygen atoms in total. The van der Waals surface area contributed by atoms with Gasteiger partial charge in [-0.15, -0.1) is 0 Å². The quantitative estimate of drug-likeness (QED) is 0.827. The van der Waals surface area contributed by atoms with Gasteiger partial charge in [-0.2, -0.15) is 0 Å². The summed E-state index contributed by atoms with van der Waals surface area (Å²) in [5.74, 6) is 6.11. The van der Waals surface area contributed by atoms with Crippen LogP contribution >= 0.6 is 0 Å². The number of aliphatic hydroxyl groups is 1. The number of halogens is 1. The topological polar surface area (TPSA) is 52.6 Å². The van der Waals surface area contributed by atoms with Crippen molar-refractivity contribution in [2.45, 2.75) is 12.1 Å². The van der Waals surface area contributed by atoms with Gasteiger partial charge in [-0.05, 0) is 24.3 Å². The SMILES string of the molecule is O=C(Nc1ccccc1C#Cc1ccccc1)N1CC[C@@](F)(CO)C1. The van der Waals surface area contributed by atoms with Crippen LogP contribution in [0.4, 0.5) is 14.9 Å². The number of nitrogens with one attached hydrogen (secondary N) is 1. The summed E-state index contributed by atoms with van der Waals surface area (Å²) in [6.45, 7) is -0.399. The Labute approximate surface area is 146 Å². The van der Waals surface area contributed by atoms with Crippen LogP contribution in [0.25, 0.3) is 0 Å². The summed E-state index contributed by atoms with van der Waals surface area (Å²) in [7, 11) is 0. The number of urea groups is 1. The van der Waals surface area contributed by atoms with Gasteiger partial charge in [-0.3, -0.25) is 0 Å². The predicted octanol–water partition coefficient (Wildman–Crippen LogP) is 3.02. The summed E-state index contributed by atoms with van der Waals surface area (Å²) >= 11 is 0. The minimum Gasteiger partial charge on any atom is -0.393 e. The molecular weight excluding hydrogens is 319 g/mol. The molecule has 0 saturated carbocycles. The van der Waals surface area contributed by atoms with E-state index in [2.05, 4.69) is 17.2 Å². The Balaban J connectivity index is 1.74. The maximum Gasteiger partial charge on any atom is 0.321 e. The van der Waals surface area contributed by atoms with Gasteiger partial charge in [0.1, 0.15) is 0 Å². The summed E-state index contributed by atoms with van der Waals surface area (Å²) in [6.07, 6.45) is 0.145. The van der Waals surface area contributed by atoms with E-state index in [1.54, 1.807) is 12.1 Å². The van der Waals surface area contributed by atoms with Crippen LogP contribution in [0.15, 0.2) is 54.6 Å². The zero-order chi connectivity index (χ0) is 17.7. The number of anilines is 1. The zero-order valence-corrected chi connectivity index (χ0v) is 13.7. The van der Waals surface area contributed by atoms with Crippen molar-refractivity contribution in [1.29, 1.82) is 0 Å². The van der Waals surface area contributed by atoms with E-state index in [0.717, 1.165) is 5.56 Å². The average molecular weight is 338 g/mol. The number of carbonyl (C=O) groups excluding carboxylic acids is 1. The van der Waals surface area contributed by atoms with Crippen LogP contribution in [0, 0.1) is 11.8 Å². The fraction of sp³-hybridized carbons (Fsp3) is 0.250. The molecule has 2 aromatic rings. The van der Waals surface area contributed by atoms with Crippen molar-refractivity contribution in [1.82, 2.24) is 4.90 Å². The molecule has 2 aromatic carbocycles. The Bertz CT molecular complexity index is 813. The molecule has 1 fully saturated rings. The highest BCUT2D eigenvalue weighted by atomic mass is 19.1. The molecular formula is C20H19FN2O2. The van der Waals surface area contributed by atoms with E-state index in [1.807, 2.05) is 42.5 Å². The molecule has 0 aliphatic carbocycles. The molecule has 0 aromatic heterocycles. The maximum atomic E-state index is 14.1. The number of nitrogens with zero attached hydrogens (tertiary/aromatic N) is 1. The van der Waals surface area contributed by atoms with Crippen molar-refractivity contribution < 1.29 is 14.3 Å². The van der Waals surface area contributed by atoms with E-state index >= 15 is 0 Å². The monoisotopic (exact) mass is 338 g/mol. The number of carbonyl (C=O) groups is 1. The standard InChI is InChI=1S/C20H19FN2O2/c21-20(15-24)12-13-23(14-20)19(25)22-18-9-5-4-8-17(18)11-10-16-6-2-1-3-7-16/h1-9,24H,12-15H2,(H,22,25)/t20-/m0/s1. The van der Waals surface area contributed by atoms with Gasteiger partial charge in [0.2, 0.25) is 0 Å². The first-order chi connectivity index (χ1) is 12.1. The Morgan fingerprint density at radius 1 is 1.16 bits per heavy atom. The Hall–Kier alpha value is -2.84. The van der Waals surface area contributed by atoms with Crippen LogP contribution in [0.5, 0.6) is 0 Å². The number of amides is 2. The fourth-order valence-corrected chi connectivity index (χ4v) is 2.69. The highest BCUT2D eigenvalue weighted by Crippen LogP contribution is 2.26. The van der Waals surface area contributed by atoms with Crippen molar-refractivity contribution in [2.75, 3.05) is 25.0 Å². The lowest BCUT2D eigenvalue weighted by atomic mass is 10.1. The zero-order valence-electron chi connectivity index (χ0n) is 13.7. The number of para-hydroxylation sites is 1. The summed E-state index contributed by atoms with van der Waals surface area (Å²) in [5, 5.41) is 11.9. The predicted molar refractivity (Wildman–Crippen MR) is 95.0 cm³/mol. The Morgan fingerprint density at radius 2 is 1.88 bits per heavy atom. The minimum atomic E-state index is -1.70. The number of likely N-dealkylation sites (tertiary alicyclic amines) is 1. The Kier molecular flexibility index (Phi) is 5.01. The van der Waals surface area contributed by atoms with E-state index in [0.29, 0.717) is 11.3 Å². The lowest BCUT2D eigenvalue weighted by molar-refractivity contribution is 0.0813. The van der Waals surface area contributed by atoms with Crippen molar-refractivity contribution in [3.8, 4) is 11.8 Å². The van der Waals surface area contributed by atoms with E-state index in [1.165, 1.54) is 4.90 Å². The van der Waals surface area contributed by atoms with Crippen LogP contribution in [0.3, 0.4) is 0 Å². The second kappa shape index (κ2) is 7.37.